The molecule has 1 aliphatic carbocycles. The zero-order valence-corrected chi connectivity index (χ0v) is 12.3. The molecule has 1 saturated carbocycles. The van der Waals surface area contributed by atoms with Crippen LogP contribution in [0.5, 0.6) is 0 Å². The first-order valence-corrected chi connectivity index (χ1v) is 8.20. The molecule has 0 amide bonds. The molecule has 0 bridgehead atoms. The summed E-state index contributed by atoms with van der Waals surface area (Å²) >= 11 is 0. The molecular formula is C16H33NO. The number of nitrogens with two attached hydrogens (primary N) is 1. The van der Waals surface area contributed by atoms with Crippen LogP contribution in [0.4, 0.5) is 0 Å². The molecule has 0 aromatic carbocycles. The minimum absolute atomic E-state index is 0.419. The van der Waals surface area contributed by atoms with Crippen LogP contribution in [-0.2, 0) is 4.74 Å². The van der Waals surface area contributed by atoms with Crippen molar-refractivity contribution < 1.29 is 4.74 Å². The van der Waals surface area contributed by atoms with Gasteiger partial charge >= 0.3 is 0 Å². The second-order valence-electron chi connectivity index (χ2n) is 5.91. The highest BCUT2D eigenvalue weighted by Crippen LogP contribution is 2.21. The summed E-state index contributed by atoms with van der Waals surface area (Å²) in [6.07, 6.45) is 16.6. The Bertz CT molecular complexity index is 178. The Morgan fingerprint density at radius 1 is 0.833 bits per heavy atom. The molecule has 18 heavy (non-hydrogen) atoms. The molecule has 0 heterocycles. The summed E-state index contributed by atoms with van der Waals surface area (Å²) in [4.78, 5) is 0. The highest BCUT2D eigenvalue weighted by atomic mass is 16.5. The molecule has 1 fully saturated rings. The van der Waals surface area contributed by atoms with E-state index < -0.39 is 0 Å². The zero-order chi connectivity index (χ0) is 13.1. The van der Waals surface area contributed by atoms with Crippen molar-refractivity contribution in [1.29, 1.82) is 0 Å². The monoisotopic (exact) mass is 255 g/mol. The van der Waals surface area contributed by atoms with E-state index in [4.69, 9.17) is 10.5 Å². The van der Waals surface area contributed by atoms with E-state index in [1.54, 1.807) is 0 Å². The Balaban J connectivity index is 1.66. The molecule has 2 N–H and O–H groups in total. The molecule has 2 heteroatoms. The second kappa shape index (κ2) is 10.8. The number of ether oxygens (including phenoxy) is 1. The fraction of sp³-hybridized carbons (Fsp3) is 1.00. The van der Waals surface area contributed by atoms with Crippen LogP contribution in [0.2, 0.25) is 0 Å². The van der Waals surface area contributed by atoms with Crippen molar-refractivity contribution in [2.45, 2.75) is 96.1 Å². The van der Waals surface area contributed by atoms with Gasteiger partial charge in [-0.05, 0) is 19.3 Å². The fourth-order valence-electron chi connectivity index (χ4n) is 2.58. The third kappa shape index (κ3) is 8.10. The molecule has 0 aliphatic heterocycles. The Kier molecular flexibility index (Phi) is 9.59. The van der Waals surface area contributed by atoms with Gasteiger partial charge in [-0.25, -0.2) is 0 Å². The van der Waals surface area contributed by atoms with Crippen LogP contribution in [0, 0.1) is 0 Å². The van der Waals surface area contributed by atoms with E-state index in [1.807, 2.05) is 0 Å². The molecule has 2 nitrogen and oxygen atoms in total. The molecule has 0 radical (unpaired) electrons. The fourth-order valence-corrected chi connectivity index (χ4v) is 2.58. The van der Waals surface area contributed by atoms with E-state index in [0.29, 0.717) is 12.1 Å². The first-order valence-electron chi connectivity index (χ1n) is 8.20. The van der Waals surface area contributed by atoms with Crippen molar-refractivity contribution in [3.8, 4) is 0 Å². The van der Waals surface area contributed by atoms with Crippen molar-refractivity contribution in [1.82, 2.24) is 0 Å². The number of rotatable bonds is 12. The summed E-state index contributed by atoms with van der Waals surface area (Å²) in [6.45, 7) is 3.23. The standard InChI is InChI=1S/C16H33NO/c1-2-3-4-5-6-7-8-9-10-11-12-18-16-13-15(17)14-16/h15-16H,2-14,17H2,1H3. The first kappa shape index (κ1) is 16.0. The summed E-state index contributed by atoms with van der Waals surface area (Å²) in [5.74, 6) is 0. The Morgan fingerprint density at radius 2 is 1.33 bits per heavy atom. The lowest BCUT2D eigenvalue weighted by Gasteiger charge is -2.32. The molecule has 1 rings (SSSR count). The van der Waals surface area contributed by atoms with Gasteiger partial charge in [0.05, 0.1) is 6.10 Å². The summed E-state index contributed by atoms with van der Waals surface area (Å²) in [5, 5.41) is 0. The van der Waals surface area contributed by atoms with E-state index in [-0.39, 0.29) is 0 Å². The minimum Gasteiger partial charge on any atom is -0.378 e. The van der Waals surface area contributed by atoms with Gasteiger partial charge in [-0.2, -0.15) is 0 Å². The molecule has 0 atom stereocenters. The Morgan fingerprint density at radius 3 is 1.83 bits per heavy atom. The van der Waals surface area contributed by atoms with Crippen molar-refractivity contribution in [2.24, 2.45) is 5.73 Å². The van der Waals surface area contributed by atoms with E-state index in [9.17, 15) is 0 Å². The van der Waals surface area contributed by atoms with Crippen LogP contribution in [0.25, 0.3) is 0 Å². The first-order chi connectivity index (χ1) is 8.83. The lowest BCUT2D eigenvalue weighted by Crippen LogP contribution is -2.41. The maximum Gasteiger partial charge on any atom is 0.0604 e. The van der Waals surface area contributed by atoms with Crippen molar-refractivity contribution >= 4 is 0 Å². The predicted octanol–water partition coefficient (Wildman–Crippen LogP) is 4.41. The van der Waals surface area contributed by atoms with Gasteiger partial charge in [-0.3, -0.25) is 0 Å². The largest absolute Gasteiger partial charge is 0.378 e. The van der Waals surface area contributed by atoms with Gasteiger partial charge in [0.25, 0.3) is 0 Å². The minimum atomic E-state index is 0.419. The van der Waals surface area contributed by atoms with Crippen molar-refractivity contribution in [3.63, 3.8) is 0 Å². The summed E-state index contributed by atoms with van der Waals surface area (Å²) < 4.78 is 5.74. The summed E-state index contributed by atoms with van der Waals surface area (Å²) in [5.41, 5.74) is 5.72. The van der Waals surface area contributed by atoms with Crippen LogP contribution in [0.3, 0.4) is 0 Å². The van der Waals surface area contributed by atoms with Gasteiger partial charge in [0.2, 0.25) is 0 Å². The lowest BCUT2D eigenvalue weighted by molar-refractivity contribution is -0.00985. The van der Waals surface area contributed by atoms with Crippen LogP contribution in [0.15, 0.2) is 0 Å². The van der Waals surface area contributed by atoms with E-state index in [1.165, 1.54) is 64.2 Å². The molecule has 0 saturated heterocycles. The molecule has 0 aromatic heterocycles. The van der Waals surface area contributed by atoms with Gasteiger partial charge in [-0.1, -0.05) is 64.7 Å². The normalized spacial score (nSPS) is 23.0. The second-order valence-corrected chi connectivity index (χ2v) is 5.91. The quantitative estimate of drug-likeness (QED) is 0.524. The third-order valence-electron chi connectivity index (χ3n) is 3.98. The summed E-state index contributed by atoms with van der Waals surface area (Å²) in [6, 6.07) is 0.419. The third-order valence-corrected chi connectivity index (χ3v) is 3.98. The van der Waals surface area contributed by atoms with Crippen LogP contribution >= 0.6 is 0 Å². The smallest absolute Gasteiger partial charge is 0.0604 e. The Labute approximate surface area is 114 Å². The molecule has 0 unspecified atom stereocenters. The molecular weight excluding hydrogens is 222 g/mol. The molecule has 1 aliphatic rings. The highest BCUT2D eigenvalue weighted by molar-refractivity contribution is 4.82. The number of hydrogen-bond acceptors (Lipinski definition) is 2. The van der Waals surface area contributed by atoms with Gasteiger partial charge in [0.1, 0.15) is 0 Å². The van der Waals surface area contributed by atoms with E-state index in [2.05, 4.69) is 6.92 Å². The van der Waals surface area contributed by atoms with Gasteiger partial charge < -0.3 is 10.5 Å². The van der Waals surface area contributed by atoms with Crippen LogP contribution in [-0.4, -0.2) is 18.8 Å². The van der Waals surface area contributed by atoms with E-state index >= 15 is 0 Å². The molecule has 0 aromatic rings. The summed E-state index contributed by atoms with van der Waals surface area (Å²) in [7, 11) is 0. The molecule has 0 spiro atoms. The van der Waals surface area contributed by atoms with Crippen LogP contribution in [0.1, 0.15) is 84.0 Å². The van der Waals surface area contributed by atoms with Gasteiger partial charge in [0, 0.05) is 12.6 Å². The average Bonchev–Trinajstić information content (AvgIpc) is 2.33. The van der Waals surface area contributed by atoms with Crippen molar-refractivity contribution in [2.75, 3.05) is 6.61 Å². The maximum absolute atomic E-state index is 5.74. The van der Waals surface area contributed by atoms with Gasteiger partial charge in [-0.15, -0.1) is 0 Å². The molecule has 108 valence electrons. The van der Waals surface area contributed by atoms with Gasteiger partial charge in [0.15, 0.2) is 0 Å². The van der Waals surface area contributed by atoms with Crippen LogP contribution < -0.4 is 5.73 Å². The lowest BCUT2D eigenvalue weighted by atomic mass is 9.90. The average molecular weight is 255 g/mol. The number of unbranched alkanes of at least 4 members (excludes halogenated alkanes) is 9. The maximum atomic E-state index is 5.74. The Hall–Kier alpha value is -0.0800. The predicted molar refractivity (Wildman–Crippen MR) is 78.8 cm³/mol. The van der Waals surface area contributed by atoms with Crippen molar-refractivity contribution in [3.05, 3.63) is 0 Å². The SMILES string of the molecule is CCCCCCCCCCCCOC1CC(N)C1. The zero-order valence-electron chi connectivity index (χ0n) is 12.3. The van der Waals surface area contributed by atoms with E-state index in [0.717, 1.165) is 19.4 Å². The topological polar surface area (TPSA) is 35.2 Å². The highest BCUT2D eigenvalue weighted by Gasteiger charge is 2.25. The number of hydrogen-bond donors (Lipinski definition) is 1.